The Hall–Kier alpha value is -0.980. The maximum absolute atomic E-state index is 5.59. The largest absolute Gasteiger partial charge is 0.370 e. The Kier molecular flexibility index (Phi) is 3.76. The molecule has 0 spiro atoms. The average Bonchev–Trinajstić information content (AvgIpc) is 2.99. The molecule has 1 saturated carbocycles. The molecule has 1 atom stereocenters. The molecule has 1 aliphatic rings. The normalized spacial score (nSPS) is 20.6. The molecule has 2 rings (SSSR count). The minimum atomic E-state index is -0.380. The molecule has 0 aliphatic heterocycles. The molecule has 1 unspecified atom stereocenters. The topological polar surface area (TPSA) is 83.4 Å². The summed E-state index contributed by atoms with van der Waals surface area (Å²) in [6, 6.07) is 0. The summed E-state index contributed by atoms with van der Waals surface area (Å²) >= 11 is 0. The lowest BCUT2D eigenvalue weighted by Gasteiger charge is -2.22. The van der Waals surface area contributed by atoms with Crippen molar-refractivity contribution in [2.24, 2.45) is 5.73 Å². The van der Waals surface area contributed by atoms with E-state index in [-0.39, 0.29) is 11.7 Å². The van der Waals surface area contributed by atoms with Gasteiger partial charge in [0, 0.05) is 20.8 Å². The Morgan fingerprint density at radius 1 is 1.41 bits per heavy atom. The molecule has 17 heavy (non-hydrogen) atoms. The minimum Gasteiger partial charge on any atom is -0.370 e. The predicted octanol–water partition coefficient (Wildman–Crippen LogP) is 1.13. The van der Waals surface area contributed by atoms with Crippen LogP contribution >= 0.6 is 0 Å². The number of ether oxygens (including phenoxy) is 2. The molecule has 1 aliphatic carbocycles. The second kappa shape index (κ2) is 5.12. The van der Waals surface area contributed by atoms with E-state index >= 15 is 0 Å². The van der Waals surface area contributed by atoms with Gasteiger partial charge in [0.2, 0.25) is 5.82 Å². The van der Waals surface area contributed by atoms with Gasteiger partial charge in [-0.3, -0.25) is 0 Å². The second-order valence-corrected chi connectivity index (χ2v) is 4.32. The van der Waals surface area contributed by atoms with Crippen LogP contribution in [0.4, 0.5) is 0 Å². The van der Waals surface area contributed by atoms with Gasteiger partial charge in [-0.15, -0.1) is 0 Å². The Labute approximate surface area is 100 Å². The van der Waals surface area contributed by atoms with Crippen molar-refractivity contribution in [1.82, 2.24) is 10.1 Å². The van der Waals surface area contributed by atoms with Crippen molar-refractivity contribution in [3.63, 3.8) is 0 Å². The SMILES string of the molecule is COC(CN)c1nc(C2(OC)CCCC2)no1. The fourth-order valence-electron chi connectivity index (χ4n) is 2.31. The molecule has 96 valence electrons. The van der Waals surface area contributed by atoms with Gasteiger partial charge in [-0.25, -0.2) is 0 Å². The van der Waals surface area contributed by atoms with Crippen molar-refractivity contribution in [3.05, 3.63) is 11.7 Å². The van der Waals surface area contributed by atoms with Gasteiger partial charge < -0.3 is 19.7 Å². The van der Waals surface area contributed by atoms with Crippen molar-refractivity contribution in [2.45, 2.75) is 37.4 Å². The van der Waals surface area contributed by atoms with Crippen molar-refractivity contribution >= 4 is 0 Å². The summed E-state index contributed by atoms with van der Waals surface area (Å²) in [6.07, 6.45) is 3.78. The van der Waals surface area contributed by atoms with Gasteiger partial charge in [-0.05, 0) is 25.7 Å². The van der Waals surface area contributed by atoms with Crippen molar-refractivity contribution in [3.8, 4) is 0 Å². The maximum atomic E-state index is 5.59. The minimum absolute atomic E-state index is 0.318. The lowest BCUT2D eigenvalue weighted by atomic mass is 10.0. The van der Waals surface area contributed by atoms with Gasteiger partial charge in [0.1, 0.15) is 11.7 Å². The molecule has 0 bridgehead atoms. The molecule has 6 nitrogen and oxygen atoms in total. The van der Waals surface area contributed by atoms with Crippen LogP contribution in [0.3, 0.4) is 0 Å². The number of hydrogen-bond acceptors (Lipinski definition) is 6. The summed E-state index contributed by atoms with van der Waals surface area (Å²) in [7, 11) is 3.27. The number of nitrogens with two attached hydrogens (primary N) is 1. The zero-order valence-corrected chi connectivity index (χ0v) is 10.3. The quantitative estimate of drug-likeness (QED) is 0.832. The van der Waals surface area contributed by atoms with Gasteiger partial charge in [0.15, 0.2) is 0 Å². The highest BCUT2D eigenvalue weighted by Crippen LogP contribution is 2.40. The first-order valence-corrected chi connectivity index (χ1v) is 5.88. The van der Waals surface area contributed by atoms with Crippen LogP contribution in [0.25, 0.3) is 0 Å². The molecule has 0 radical (unpaired) electrons. The molecule has 2 N–H and O–H groups in total. The standard InChI is InChI=1S/C11H19N3O3/c1-15-8(7-12)9-13-10(14-17-9)11(16-2)5-3-4-6-11/h8H,3-7,12H2,1-2H3. The number of rotatable bonds is 5. The highest BCUT2D eigenvalue weighted by atomic mass is 16.5. The molecule has 1 fully saturated rings. The summed E-state index contributed by atoms with van der Waals surface area (Å²) in [5.41, 5.74) is 5.18. The summed E-state index contributed by atoms with van der Waals surface area (Å²) in [5.74, 6) is 1.04. The molecule has 0 amide bonds. The van der Waals surface area contributed by atoms with Crippen LogP contribution in [0.2, 0.25) is 0 Å². The van der Waals surface area contributed by atoms with Gasteiger partial charge in [0.05, 0.1) is 0 Å². The van der Waals surface area contributed by atoms with E-state index in [9.17, 15) is 0 Å². The zero-order chi connectivity index (χ0) is 12.3. The Morgan fingerprint density at radius 3 is 2.65 bits per heavy atom. The van der Waals surface area contributed by atoms with E-state index in [0.717, 1.165) is 25.7 Å². The third-order valence-electron chi connectivity index (χ3n) is 3.43. The predicted molar refractivity (Wildman–Crippen MR) is 60.3 cm³/mol. The van der Waals surface area contributed by atoms with E-state index in [4.69, 9.17) is 19.7 Å². The average molecular weight is 241 g/mol. The smallest absolute Gasteiger partial charge is 0.257 e. The fourth-order valence-corrected chi connectivity index (χ4v) is 2.31. The second-order valence-electron chi connectivity index (χ2n) is 4.32. The third kappa shape index (κ3) is 2.20. The van der Waals surface area contributed by atoms with E-state index in [1.807, 2.05) is 0 Å². The van der Waals surface area contributed by atoms with Crippen molar-refractivity contribution in [2.75, 3.05) is 20.8 Å². The summed E-state index contributed by atoms with van der Waals surface area (Å²) in [6.45, 7) is 0.318. The van der Waals surface area contributed by atoms with Gasteiger partial charge in [-0.1, -0.05) is 5.16 Å². The molecule has 0 saturated heterocycles. The maximum Gasteiger partial charge on any atom is 0.257 e. The van der Waals surface area contributed by atoms with Crippen LogP contribution in [-0.2, 0) is 15.1 Å². The fraction of sp³-hybridized carbons (Fsp3) is 0.818. The van der Waals surface area contributed by atoms with Crippen LogP contribution < -0.4 is 5.73 Å². The van der Waals surface area contributed by atoms with Gasteiger partial charge in [-0.2, -0.15) is 4.98 Å². The molecular weight excluding hydrogens is 222 g/mol. The molecule has 1 aromatic rings. The number of aromatic nitrogens is 2. The lowest BCUT2D eigenvalue weighted by Crippen LogP contribution is -2.26. The highest BCUT2D eigenvalue weighted by Gasteiger charge is 2.40. The Bertz CT molecular complexity index is 357. The first-order chi connectivity index (χ1) is 8.25. The van der Waals surface area contributed by atoms with E-state index in [2.05, 4.69) is 10.1 Å². The van der Waals surface area contributed by atoms with Crippen molar-refractivity contribution < 1.29 is 14.0 Å². The van der Waals surface area contributed by atoms with E-state index in [0.29, 0.717) is 18.3 Å². The molecule has 1 aromatic heterocycles. The van der Waals surface area contributed by atoms with Crippen LogP contribution in [0.15, 0.2) is 4.52 Å². The monoisotopic (exact) mass is 241 g/mol. The Balaban J connectivity index is 2.22. The molecular formula is C11H19N3O3. The van der Waals surface area contributed by atoms with Crippen LogP contribution in [0, 0.1) is 0 Å². The molecule has 6 heteroatoms. The van der Waals surface area contributed by atoms with Crippen LogP contribution in [0.1, 0.15) is 43.5 Å². The molecule has 0 aromatic carbocycles. The summed E-state index contributed by atoms with van der Waals surface area (Å²) < 4.78 is 16.0. The van der Waals surface area contributed by atoms with Gasteiger partial charge >= 0.3 is 0 Å². The summed E-state index contributed by atoms with van der Waals surface area (Å²) in [5, 5.41) is 4.01. The van der Waals surface area contributed by atoms with E-state index in [1.54, 1.807) is 14.2 Å². The summed E-state index contributed by atoms with van der Waals surface area (Å²) in [4.78, 5) is 4.37. The highest BCUT2D eigenvalue weighted by molar-refractivity contribution is 5.05. The Morgan fingerprint density at radius 2 is 2.12 bits per heavy atom. The van der Waals surface area contributed by atoms with Crippen LogP contribution in [-0.4, -0.2) is 30.9 Å². The van der Waals surface area contributed by atoms with Crippen molar-refractivity contribution in [1.29, 1.82) is 0 Å². The third-order valence-corrected chi connectivity index (χ3v) is 3.43. The van der Waals surface area contributed by atoms with E-state index < -0.39 is 0 Å². The number of nitrogens with zero attached hydrogens (tertiary/aromatic N) is 2. The first-order valence-electron chi connectivity index (χ1n) is 5.88. The number of hydrogen-bond donors (Lipinski definition) is 1. The molecule has 1 heterocycles. The first kappa shape index (κ1) is 12.5. The lowest BCUT2D eigenvalue weighted by molar-refractivity contribution is -0.0178. The van der Waals surface area contributed by atoms with E-state index in [1.165, 1.54) is 0 Å². The zero-order valence-electron chi connectivity index (χ0n) is 10.3. The number of methoxy groups -OCH3 is 2. The van der Waals surface area contributed by atoms with Gasteiger partial charge in [0.25, 0.3) is 5.89 Å². The van der Waals surface area contributed by atoms with Crippen LogP contribution in [0.5, 0.6) is 0 Å².